The fourth-order valence-corrected chi connectivity index (χ4v) is 15.3. The third-order valence-electron chi connectivity index (χ3n) is 17.6. The van der Waals surface area contributed by atoms with Gasteiger partial charge in [0.1, 0.15) is 29.8 Å². The predicted molar refractivity (Wildman–Crippen MR) is 394 cm³/mol. The van der Waals surface area contributed by atoms with E-state index in [9.17, 15) is 42.7 Å². The van der Waals surface area contributed by atoms with Crippen molar-refractivity contribution >= 4 is 134 Å². The Morgan fingerprint density at radius 3 is 1.13 bits per heavy atom. The summed E-state index contributed by atoms with van der Waals surface area (Å²) in [5.41, 5.74) is 4.00. The Bertz CT molecular complexity index is 4160. The van der Waals surface area contributed by atoms with E-state index in [1.54, 1.807) is 43.7 Å². The molecule has 0 amide bonds. The third kappa shape index (κ3) is 20.9. The van der Waals surface area contributed by atoms with Gasteiger partial charge >= 0.3 is 35.8 Å². The van der Waals surface area contributed by atoms with Gasteiger partial charge in [0, 0.05) is 165 Å². The van der Waals surface area contributed by atoms with E-state index in [-0.39, 0.29) is 78.3 Å². The van der Waals surface area contributed by atoms with E-state index in [0.717, 1.165) is 0 Å². The van der Waals surface area contributed by atoms with Gasteiger partial charge in [-0.15, -0.1) is 34.0 Å². The van der Waals surface area contributed by atoms with Crippen molar-refractivity contribution in [3.63, 3.8) is 0 Å². The Balaban J connectivity index is 0.000000170. The number of methoxy groups -OCH3 is 2. The summed E-state index contributed by atoms with van der Waals surface area (Å²) in [5, 5.41) is 45.7. The van der Waals surface area contributed by atoms with Crippen LogP contribution in [-0.2, 0) is 57.2 Å². The first-order chi connectivity index (χ1) is 51.1. The highest BCUT2D eigenvalue weighted by Crippen LogP contribution is 2.41. The van der Waals surface area contributed by atoms with Crippen LogP contribution in [0.3, 0.4) is 0 Å². The number of carboxylic acid groups (broad SMARTS) is 3. The maximum absolute atomic E-state index is 13.8. The number of morpholine rings is 3. The Morgan fingerprint density at radius 1 is 0.509 bits per heavy atom. The fourth-order valence-electron chi connectivity index (χ4n) is 12.5. The highest BCUT2D eigenvalue weighted by atomic mass is 35.5. The standard InChI is InChI=1S/C24H26Cl2N4O5S.2C23H24ClFN4O5S/c1-2-35-24(33)20-18(12-30-8-9-34-13-15(30)4-6-19(31)32)28-22(23-27-7-10-36-23)29-21(20)16-5-3-14(25)11-17(16)26;2*1-33-23(32)19-17(11-29-7-8-34-12-14(29)3-5-18(30)31)27-21(22-26-6-9-35-22)28-20(19)15-4-2-13(25)10-16(15)24/h3,5,7,10-11,15,21H,2,4,6,8-9,12-13H2,1H3,(H,28,29)(H,31,32);2*2,4,6,9-10,14,20H,3,5,7-8,11-12H2,1H3,(H,27,28)(H,30,31)/t15-,21+;14-,20+;14-,20-/m110/s1. The molecule has 36 heteroatoms. The van der Waals surface area contributed by atoms with Crippen LogP contribution in [0.2, 0.25) is 20.1 Å². The van der Waals surface area contributed by atoms with Crippen molar-refractivity contribution in [1.29, 1.82) is 0 Å². The van der Waals surface area contributed by atoms with Crippen LogP contribution in [0.1, 0.15) is 95.3 Å². The smallest absolute Gasteiger partial charge is 0.338 e. The van der Waals surface area contributed by atoms with E-state index in [1.807, 2.05) is 16.1 Å². The zero-order valence-corrected chi connectivity index (χ0v) is 62.8. The monoisotopic (exact) mass is 1600 g/mol. The lowest BCUT2D eigenvalue weighted by atomic mass is 9.94. The molecule has 0 aliphatic carbocycles. The van der Waals surface area contributed by atoms with Gasteiger partial charge in [-0.2, -0.15) is 0 Å². The molecule has 0 spiro atoms. The summed E-state index contributed by atoms with van der Waals surface area (Å²) < 4.78 is 60.0. The fraction of sp³-hybridized carbons (Fsp3) is 0.400. The summed E-state index contributed by atoms with van der Waals surface area (Å²) in [5.74, 6) is -3.94. The SMILES string of the molecule is CCOC(=O)C1=C(CN2CCOC[C@H]2CCC(=O)O)NC(c2nccs2)=N[C@H]1c1ccc(Cl)cc1Cl.COC(=O)C1=C(CN2CCOC[C@@H]2CCC(=O)O)NC(c2nccs2)=N[C@H]1c1ccc(F)cc1Cl.COC(=O)C1=C(CN2CCOC[C@H]2CCC(=O)O)NC(c2nccs2)=N[C@H]1c1ccc(F)cc1Cl. The Hall–Kier alpha value is -8.22. The topological polar surface area (TPSA) is 340 Å². The maximum Gasteiger partial charge on any atom is 0.338 e. The summed E-state index contributed by atoms with van der Waals surface area (Å²) in [4.78, 5) is 106. The van der Waals surface area contributed by atoms with Crippen LogP contribution >= 0.6 is 80.4 Å². The molecule has 6 N–H and O–H groups in total. The van der Waals surface area contributed by atoms with E-state index in [2.05, 4.69) is 45.6 Å². The minimum absolute atomic E-state index is 0.000494. The van der Waals surface area contributed by atoms with Crippen molar-refractivity contribution in [1.82, 2.24) is 45.6 Å². The van der Waals surface area contributed by atoms with Crippen LogP contribution < -0.4 is 16.0 Å². The lowest BCUT2D eigenvalue weighted by Crippen LogP contribution is -2.49. The van der Waals surface area contributed by atoms with E-state index in [1.165, 1.54) is 84.6 Å². The van der Waals surface area contributed by atoms with Gasteiger partial charge in [0.05, 0.1) is 77.2 Å². The minimum atomic E-state index is -0.884. The molecule has 3 fully saturated rings. The number of aliphatic carboxylic acids is 3. The first-order valence-electron chi connectivity index (χ1n) is 33.3. The van der Waals surface area contributed by atoms with E-state index in [4.69, 9.17) is 100 Å². The van der Waals surface area contributed by atoms with Crippen molar-refractivity contribution < 1.29 is 81.3 Å². The molecule has 564 valence electrons. The number of benzene rings is 3. The lowest BCUT2D eigenvalue weighted by molar-refractivity contribution is -0.139. The lowest BCUT2D eigenvalue weighted by Gasteiger charge is -2.37. The summed E-state index contributed by atoms with van der Waals surface area (Å²) in [6.45, 7) is 7.18. The molecule has 0 radical (unpaired) electrons. The van der Waals surface area contributed by atoms with Crippen molar-refractivity contribution in [3.05, 3.63) is 187 Å². The summed E-state index contributed by atoms with van der Waals surface area (Å²) in [6, 6.07) is 10.1. The second-order valence-corrected chi connectivity index (χ2v) is 28.6. The van der Waals surface area contributed by atoms with Gasteiger partial charge in [0.15, 0.2) is 32.5 Å². The molecule has 0 saturated carbocycles. The van der Waals surface area contributed by atoms with Gasteiger partial charge in [0.2, 0.25) is 0 Å². The van der Waals surface area contributed by atoms with Gasteiger partial charge in [-0.05, 0) is 62.6 Å². The summed E-state index contributed by atoms with van der Waals surface area (Å²) in [6.07, 6.45) is 6.23. The highest BCUT2D eigenvalue weighted by Gasteiger charge is 2.40. The second kappa shape index (κ2) is 38.5. The average Bonchev–Trinajstić information content (AvgIpc) is 1.01. The first-order valence-corrected chi connectivity index (χ1v) is 37.5. The van der Waals surface area contributed by atoms with Gasteiger partial charge < -0.3 is 59.7 Å². The van der Waals surface area contributed by atoms with Crippen molar-refractivity contribution in [2.45, 2.75) is 81.7 Å². The number of nitrogens with zero attached hydrogens (tertiary/aromatic N) is 9. The Labute approximate surface area is 639 Å². The van der Waals surface area contributed by atoms with Gasteiger partial charge in [-0.1, -0.05) is 64.6 Å². The molecular weight excluding hydrogens is 1520 g/mol. The molecule has 6 atom stereocenters. The number of ether oxygens (including phenoxy) is 6. The number of halogens is 6. The predicted octanol–water partition coefficient (Wildman–Crippen LogP) is 9.96. The van der Waals surface area contributed by atoms with Crippen molar-refractivity contribution in [3.8, 4) is 0 Å². The molecule has 6 aliphatic heterocycles. The Kier molecular flexibility index (Phi) is 29.2. The third-order valence-corrected chi connectivity index (χ3v) is 21.1. The Morgan fingerprint density at radius 2 is 0.840 bits per heavy atom. The van der Waals surface area contributed by atoms with E-state index >= 15 is 0 Å². The number of carbonyl (C=O) groups is 6. The number of nitrogens with one attached hydrogen (secondary N) is 3. The molecule has 106 heavy (non-hydrogen) atoms. The zero-order valence-electron chi connectivity index (χ0n) is 57.3. The molecule has 3 aromatic heterocycles. The molecular formula is C70H74Cl4F2N12O15S3. The number of amidine groups is 3. The van der Waals surface area contributed by atoms with Gasteiger partial charge in [-0.3, -0.25) is 44.1 Å². The van der Waals surface area contributed by atoms with Gasteiger partial charge in [0.25, 0.3) is 0 Å². The molecule has 12 rings (SSSR count). The van der Waals surface area contributed by atoms with Crippen LogP contribution in [0.4, 0.5) is 8.78 Å². The molecule has 6 aliphatic rings. The number of aromatic nitrogens is 3. The second-order valence-electron chi connectivity index (χ2n) is 24.3. The van der Waals surface area contributed by atoms with Crippen LogP contribution in [0.25, 0.3) is 0 Å². The maximum atomic E-state index is 13.8. The van der Waals surface area contributed by atoms with Crippen LogP contribution in [0.5, 0.6) is 0 Å². The van der Waals surface area contributed by atoms with Crippen molar-refractivity contribution in [2.24, 2.45) is 15.0 Å². The van der Waals surface area contributed by atoms with E-state index in [0.29, 0.717) is 167 Å². The normalized spacial score (nSPS) is 20.7. The van der Waals surface area contributed by atoms with Crippen LogP contribution in [0.15, 0.2) is 138 Å². The van der Waals surface area contributed by atoms with E-state index < -0.39 is 65.6 Å². The molecule has 0 bridgehead atoms. The number of rotatable bonds is 25. The average molecular weight is 1600 g/mol. The zero-order chi connectivity index (χ0) is 75.6. The van der Waals surface area contributed by atoms with Gasteiger partial charge in [-0.25, -0.2) is 38.1 Å². The number of hydrogen-bond donors (Lipinski definition) is 6. The van der Waals surface area contributed by atoms with Crippen LogP contribution in [0, 0.1) is 11.6 Å². The molecule has 9 heterocycles. The number of carbonyl (C=O) groups excluding carboxylic acids is 3. The molecule has 3 aromatic carbocycles. The first kappa shape index (κ1) is 80.3. The summed E-state index contributed by atoms with van der Waals surface area (Å²) >= 11 is 29.6. The molecule has 3 saturated heterocycles. The number of aliphatic imine (C=N–C) groups is 3. The number of thiazole rings is 3. The highest BCUT2D eigenvalue weighted by molar-refractivity contribution is 7.12. The van der Waals surface area contributed by atoms with Crippen LogP contribution in [-0.4, -0.2) is 216 Å². The molecule has 0 unspecified atom stereocenters. The molecule has 6 aromatic rings. The number of esters is 3. The summed E-state index contributed by atoms with van der Waals surface area (Å²) in [7, 11) is 2.56. The van der Waals surface area contributed by atoms with Crippen molar-refractivity contribution in [2.75, 3.05) is 99.7 Å². The quantitative estimate of drug-likeness (QED) is 0.0229. The minimum Gasteiger partial charge on any atom is -0.481 e. The number of hydrogen-bond acceptors (Lipinski definition) is 27. The molecule has 27 nitrogen and oxygen atoms in total. The largest absolute Gasteiger partial charge is 0.481 e. The number of carboxylic acids is 3.